The molecule has 0 heterocycles. The summed E-state index contributed by atoms with van der Waals surface area (Å²) in [4.78, 5) is 73.1. The van der Waals surface area contributed by atoms with Gasteiger partial charge in [0, 0.05) is 25.7 Å². The molecular weight excluding hydrogens is 1380 g/mol. The van der Waals surface area contributed by atoms with Gasteiger partial charge >= 0.3 is 39.5 Å². The third-order valence-corrected chi connectivity index (χ3v) is 22.4. The summed E-state index contributed by atoms with van der Waals surface area (Å²) in [6, 6.07) is 0. The fraction of sp³-hybridized carbons (Fsp3) is 0.954. The molecule has 0 saturated carbocycles. The van der Waals surface area contributed by atoms with E-state index < -0.39 is 97.5 Å². The van der Waals surface area contributed by atoms with Gasteiger partial charge in [0.1, 0.15) is 19.3 Å². The van der Waals surface area contributed by atoms with Gasteiger partial charge in [0.05, 0.1) is 26.4 Å². The number of hydrogen-bond donors (Lipinski definition) is 3. The minimum atomic E-state index is -4.96. The lowest BCUT2D eigenvalue weighted by Gasteiger charge is -2.21. The minimum absolute atomic E-state index is 0.108. The van der Waals surface area contributed by atoms with Gasteiger partial charge < -0.3 is 33.8 Å². The Morgan fingerprint density at radius 2 is 0.434 bits per heavy atom. The van der Waals surface area contributed by atoms with E-state index in [1.54, 1.807) is 0 Å². The lowest BCUT2D eigenvalue weighted by atomic mass is 10.0. The van der Waals surface area contributed by atoms with Gasteiger partial charge in [0.2, 0.25) is 0 Å². The van der Waals surface area contributed by atoms with Crippen LogP contribution in [0.3, 0.4) is 0 Å². The molecule has 0 bridgehead atoms. The maximum absolute atomic E-state index is 13.1. The van der Waals surface area contributed by atoms with E-state index in [2.05, 4.69) is 34.6 Å². The number of rotatable bonds is 87. The van der Waals surface area contributed by atoms with Crippen LogP contribution < -0.4 is 0 Å². The van der Waals surface area contributed by atoms with Crippen molar-refractivity contribution in [3.05, 3.63) is 0 Å². The molecule has 0 aromatic carbocycles. The SMILES string of the molecule is CCCCCCCCCCCCCCCCCCCCCCCCC(=O)O[C@H](COC(=O)CCCCCCCCCCCCCCCCCCCCC)COP(=O)(O)OC[C@@H](O)COP(=O)(O)OC[C@@H](COC(=O)CCCCCCCCC)OC(=O)CCCCCCCCCCCCCCCCCC(C)C. The smallest absolute Gasteiger partial charge is 0.462 e. The first-order valence-corrected chi connectivity index (χ1v) is 48.1. The molecule has 0 amide bonds. The number of phosphoric ester groups is 2. The molecule has 0 aromatic rings. The maximum atomic E-state index is 13.1. The fourth-order valence-corrected chi connectivity index (χ4v) is 15.2. The highest BCUT2D eigenvalue weighted by Crippen LogP contribution is 2.45. The molecule has 0 aliphatic carbocycles. The molecule has 0 rings (SSSR count). The van der Waals surface area contributed by atoms with Gasteiger partial charge in [-0.2, -0.15) is 0 Å². The Hall–Kier alpha value is -1.94. The Morgan fingerprint density at radius 3 is 0.642 bits per heavy atom. The third kappa shape index (κ3) is 80.1. The molecule has 17 nitrogen and oxygen atoms in total. The molecule has 0 aliphatic rings. The van der Waals surface area contributed by atoms with Crippen LogP contribution in [-0.4, -0.2) is 96.7 Å². The Kier molecular flexibility index (Phi) is 78.2. The molecule has 0 spiro atoms. The van der Waals surface area contributed by atoms with E-state index >= 15 is 0 Å². The van der Waals surface area contributed by atoms with E-state index in [1.165, 1.54) is 283 Å². The van der Waals surface area contributed by atoms with Gasteiger partial charge in [-0.3, -0.25) is 37.3 Å². The number of phosphoric acid groups is 2. The summed E-state index contributed by atoms with van der Waals surface area (Å²) in [5, 5.41) is 10.7. The second kappa shape index (κ2) is 79.7. The Bertz CT molecular complexity index is 2010. The topological polar surface area (TPSA) is 237 Å². The van der Waals surface area contributed by atoms with Gasteiger partial charge in [-0.1, -0.05) is 420 Å². The van der Waals surface area contributed by atoms with Crippen LogP contribution >= 0.6 is 15.6 Å². The molecule has 0 fully saturated rings. The number of carbonyl (C=O) groups excluding carboxylic acids is 4. The molecule has 0 aromatic heterocycles. The number of unbranched alkanes of at least 4 members (excludes halogenated alkanes) is 59. The highest BCUT2D eigenvalue weighted by Gasteiger charge is 2.30. The van der Waals surface area contributed by atoms with E-state index in [0.717, 1.165) is 109 Å². The second-order valence-corrected chi connectivity index (χ2v) is 34.7. The number of aliphatic hydroxyl groups is 1. The van der Waals surface area contributed by atoms with Crippen LogP contribution in [0.25, 0.3) is 0 Å². The minimum Gasteiger partial charge on any atom is -0.462 e. The van der Waals surface area contributed by atoms with E-state index in [0.29, 0.717) is 25.7 Å². The van der Waals surface area contributed by atoms with Crippen molar-refractivity contribution in [2.45, 2.75) is 490 Å². The number of ether oxygens (including phenoxy) is 4. The summed E-state index contributed by atoms with van der Waals surface area (Å²) in [5.41, 5.74) is 0. The molecule has 5 atom stereocenters. The standard InChI is InChI=1S/C87H170O17P2/c1-6-9-12-15-18-20-22-24-26-28-30-31-32-34-36-40-44-48-52-57-62-67-73-87(92)104-83(77-98-85(90)71-66-61-56-51-47-43-39-35-33-29-27-25-23-21-19-16-13-10-7-2)79-102-106(95,96)100-75-81(88)74-99-105(93,94)101-78-82(76-97-84(89)70-65-60-54-17-14-11-8-3)103-86(91)72-68-63-58-53-49-45-41-37-38-42-46-50-55-59-64-69-80(4)5/h80-83,88H,6-79H2,1-5H3,(H,93,94)(H,95,96)/t81-,82+,83+/m0/s1. The van der Waals surface area contributed by atoms with Gasteiger partial charge in [0.15, 0.2) is 12.2 Å². The van der Waals surface area contributed by atoms with Crippen LogP contribution in [0.1, 0.15) is 471 Å². The zero-order chi connectivity index (χ0) is 77.6. The molecular formula is C87H170O17P2. The number of esters is 4. The van der Waals surface area contributed by atoms with Gasteiger partial charge in [0.25, 0.3) is 0 Å². The van der Waals surface area contributed by atoms with Crippen molar-refractivity contribution in [3.8, 4) is 0 Å². The average Bonchev–Trinajstić information content (AvgIpc) is 0.902. The van der Waals surface area contributed by atoms with Crippen molar-refractivity contribution in [2.75, 3.05) is 39.6 Å². The summed E-state index contributed by atoms with van der Waals surface area (Å²) < 4.78 is 68.8. The molecule has 106 heavy (non-hydrogen) atoms. The van der Waals surface area contributed by atoms with Gasteiger partial charge in [-0.25, -0.2) is 9.13 Å². The monoisotopic (exact) mass is 1550 g/mol. The third-order valence-electron chi connectivity index (χ3n) is 20.5. The summed E-state index contributed by atoms with van der Waals surface area (Å²) in [5.74, 6) is -1.30. The van der Waals surface area contributed by atoms with Crippen molar-refractivity contribution in [2.24, 2.45) is 5.92 Å². The first-order valence-electron chi connectivity index (χ1n) is 45.1. The predicted molar refractivity (Wildman–Crippen MR) is 437 cm³/mol. The van der Waals surface area contributed by atoms with Crippen LogP contribution in [0.15, 0.2) is 0 Å². The molecule has 0 saturated heterocycles. The zero-order valence-corrected chi connectivity index (χ0v) is 71.4. The van der Waals surface area contributed by atoms with Crippen molar-refractivity contribution in [1.82, 2.24) is 0 Å². The van der Waals surface area contributed by atoms with Crippen molar-refractivity contribution in [1.29, 1.82) is 0 Å². The number of aliphatic hydroxyl groups excluding tert-OH is 1. The zero-order valence-electron chi connectivity index (χ0n) is 69.6. The van der Waals surface area contributed by atoms with E-state index in [4.69, 9.17) is 37.0 Å². The highest BCUT2D eigenvalue weighted by molar-refractivity contribution is 7.47. The Balaban J connectivity index is 5.15. The van der Waals surface area contributed by atoms with Crippen LogP contribution in [0.5, 0.6) is 0 Å². The highest BCUT2D eigenvalue weighted by atomic mass is 31.2. The molecule has 0 aliphatic heterocycles. The summed E-state index contributed by atoms with van der Waals surface area (Å²) in [7, 11) is -9.92. The van der Waals surface area contributed by atoms with E-state index in [-0.39, 0.29) is 25.7 Å². The predicted octanol–water partition coefficient (Wildman–Crippen LogP) is 26.8. The largest absolute Gasteiger partial charge is 0.472 e. The van der Waals surface area contributed by atoms with Crippen LogP contribution in [0.4, 0.5) is 0 Å². The molecule has 19 heteroatoms. The first kappa shape index (κ1) is 104. The summed E-state index contributed by atoms with van der Waals surface area (Å²) >= 11 is 0. The molecule has 630 valence electrons. The number of carbonyl (C=O) groups is 4. The normalized spacial score (nSPS) is 13.7. The molecule has 3 N–H and O–H groups in total. The van der Waals surface area contributed by atoms with Crippen molar-refractivity contribution >= 4 is 39.5 Å². The summed E-state index contributed by atoms with van der Waals surface area (Å²) in [6.07, 6.45) is 73.9. The van der Waals surface area contributed by atoms with Crippen LogP contribution in [0, 0.1) is 5.92 Å². The van der Waals surface area contributed by atoms with Crippen molar-refractivity contribution < 1.29 is 80.2 Å². The Morgan fingerprint density at radius 1 is 0.255 bits per heavy atom. The lowest BCUT2D eigenvalue weighted by molar-refractivity contribution is -0.161. The lowest BCUT2D eigenvalue weighted by Crippen LogP contribution is -2.30. The summed E-state index contributed by atoms with van der Waals surface area (Å²) in [6.45, 7) is 7.35. The maximum Gasteiger partial charge on any atom is 0.472 e. The first-order chi connectivity index (χ1) is 51.5. The molecule has 2 unspecified atom stereocenters. The van der Waals surface area contributed by atoms with Crippen molar-refractivity contribution in [3.63, 3.8) is 0 Å². The van der Waals surface area contributed by atoms with Gasteiger partial charge in [-0.15, -0.1) is 0 Å². The average molecular weight is 1550 g/mol. The van der Waals surface area contributed by atoms with Crippen LogP contribution in [0.2, 0.25) is 0 Å². The second-order valence-electron chi connectivity index (χ2n) is 31.8. The van der Waals surface area contributed by atoms with E-state index in [1.807, 2.05) is 0 Å². The van der Waals surface area contributed by atoms with Crippen LogP contribution in [-0.2, 0) is 65.4 Å². The number of hydrogen-bond acceptors (Lipinski definition) is 15. The Labute approximate surface area is 651 Å². The quantitative estimate of drug-likeness (QED) is 0.0222. The van der Waals surface area contributed by atoms with Gasteiger partial charge in [-0.05, 0) is 31.6 Å². The fourth-order valence-electron chi connectivity index (χ4n) is 13.6. The molecule has 0 radical (unpaired) electrons. The van der Waals surface area contributed by atoms with E-state index in [9.17, 15) is 43.2 Å².